The molecule has 0 bridgehead atoms. The van der Waals surface area contributed by atoms with Crippen LogP contribution in [-0.4, -0.2) is 28.7 Å². The molecule has 0 aromatic rings. The zero-order chi connectivity index (χ0) is 21.5. The Kier molecular flexibility index (Phi) is 5.03. The summed E-state index contributed by atoms with van der Waals surface area (Å²) in [6.45, 7) is 12.0. The number of ketones is 1. The maximum atomic E-state index is 12.1. The van der Waals surface area contributed by atoms with Gasteiger partial charge in [-0.25, -0.2) is 0 Å². The van der Waals surface area contributed by atoms with Crippen molar-refractivity contribution in [1.29, 1.82) is 0 Å². The molecule has 10 atom stereocenters. The molecule has 0 aromatic heterocycles. The molecule has 3 heteroatoms. The summed E-state index contributed by atoms with van der Waals surface area (Å²) >= 11 is 0. The maximum Gasteiger partial charge on any atom is 0.133 e. The molecule has 1 heterocycles. The van der Waals surface area contributed by atoms with Crippen LogP contribution in [0.25, 0.3) is 0 Å². The van der Waals surface area contributed by atoms with E-state index >= 15 is 0 Å². The Morgan fingerprint density at radius 1 is 1.07 bits per heavy atom. The standard InChI is InChI=1S/C27H44O3/c1-16(6-9-23-25(2,3)30-23)19-7-8-20-24-21(11-13-27(19,20)5)26(4)12-10-18(28)14-17(26)15-22(24)29/h16-17,19-24,29H,6-15H2,1-5H3/t16-,17+,19-,20+,21+,22?,23?,24+,26+,27-/m1/s1. The van der Waals surface area contributed by atoms with Crippen molar-refractivity contribution in [3.8, 4) is 0 Å². The van der Waals surface area contributed by atoms with E-state index in [9.17, 15) is 9.90 Å². The smallest absolute Gasteiger partial charge is 0.133 e. The number of hydrogen-bond donors (Lipinski definition) is 1. The number of carbonyl (C=O) groups excluding carboxylic acids is 1. The fraction of sp³-hybridized carbons (Fsp3) is 0.963. The van der Waals surface area contributed by atoms with E-state index in [1.807, 2.05) is 0 Å². The van der Waals surface area contributed by atoms with Crippen LogP contribution in [0.2, 0.25) is 0 Å². The molecule has 5 aliphatic rings. The van der Waals surface area contributed by atoms with Gasteiger partial charge in [0, 0.05) is 12.8 Å². The molecule has 3 nitrogen and oxygen atoms in total. The molecule has 1 aliphatic heterocycles. The summed E-state index contributed by atoms with van der Waals surface area (Å²) in [6, 6.07) is 0. The Hall–Kier alpha value is -0.410. The topological polar surface area (TPSA) is 49.8 Å². The normalized spacial score (nSPS) is 52.9. The second kappa shape index (κ2) is 7.04. The first-order valence-electron chi connectivity index (χ1n) is 12.9. The van der Waals surface area contributed by atoms with Gasteiger partial charge >= 0.3 is 0 Å². The Morgan fingerprint density at radius 3 is 2.47 bits per heavy atom. The molecule has 5 fully saturated rings. The average molecular weight is 417 g/mol. The molecule has 0 spiro atoms. The largest absolute Gasteiger partial charge is 0.393 e. The number of ether oxygens (including phenoxy) is 1. The van der Waals surface area contributed by atoms with Crippen molar-refractivity contribution >= 4 is 5.78 Å². The molecule has 2 unspecified atom stereocenters. The van der Waals surface area contributed by atoms with Gasteiger partial charge < -0.3 is 9.84 Å². The molecular formula is C27H44O3. The van der Waals surface area contributed by atoms with Crippen molar-refractivity contribution in [2.45, 2.75) is 117 Å². The van der Waals surface area contributed by atoms with E-state index < -0.39 is 0 Å². The van der Waals surface area contributed by atoms with Crippen molar-refractivity contribution in [3.63, 3.8) is 0 Å². The average Bonchev–Trinajstić information content (AvgIpc) is 3.13. The van der Waals surface area contributed by atoms with Gasteiger partial charge in [-0.2, -0.15) is 0 Å². The van der Waals surface area contributed by atoms with E-state index in [-0.39, 0.29) is 17.1 Å². The highest BCUT2D eigenvalue weighted by atomic mass is 16.6. The minimum atomic E-state index is -0.196. The van der Waals surface area contributed by atoms with Gasteiger partial charge in [-0.05, 0) is 112 Å². The summed E-state index contributed by atoms with van der Waals surface area (Å²) in [4.78, 5) is 12.1. The third-order valence-electron chi connectivity index (χ3n) is 11.3. The van der Waals surface area contributed by atoms with E-state index in [2.05, 4.69) is 34.6 Å². The van der Waals surface area contributed by atoms with Crippen LogP contribution in [0, 0.1) is 46.3 Å². The summed E-state index contributed by atoms with van der Waals surface area (Å²) < 4.78 is 5.85. The van der Waals surface area contributed by atoms with E-state index in [0.29, 0.717) is 41.0 Å². The van der Waals surface area contributed by atoms with Gasteiger partial charge in [-0.3, -0.25) is 4.79 Å². The maximum absolute atomic E-state index is 12.1. The van der Waals surface area contributed by atoms with Gasteiger partial charge in [0.2, 0.25) is 0 Å². The highest BCUT2D eigenvalue weighted by Crippen LogP contribution is 2.68. The van der Waals surface area contributed by atoms with Gasteiger partial charge in [0.25, 0.3) is 0 Å². The first-order valence-corrected chi connectivity index (χ1v) is 12.9. The number of carbonyl (C=O) groups is 1. The number of aliphatic hydroxyl groups is 1. The van der Waals surface area contributed by atoms with Crippen LogP contribution in [0.4, 0.5) is 0 Å². The molecule has 4 saturated carbocycles. The lowest BCUT2D eigenvalue weighted by atomic mass is 9.44. The molecule has 0 radical (unpaired) electrons. The lowest BCUT2D eigenvalue weighted by Gasteiger charge is -2.62. The molecule has 0 aromatic carbocycles. The van der Waals surface area contributed by atoms with Crippen LogP contribution < -0.4 is 0 Å². The molecule has 30 heavy (non-hydrogen) atoms. The van der Waals surface area contributed by atoms with Crippen molar-refractivity contribution in [2.24, 2.45) is 46.3 Å². The fourth-order valence-corrected chi connectivity index (χ4v) is 9.34. The number of Topliss-reactive ketones (excluding diaryl/α,β-unsaturated/α-hetero) is 1. The first kappa shape index (κ1) is 21.4. The zero-order valence-electron chi connectivity index (χ0n) is 20.0. The lowest BCUT2D eigenvalue weighted by Crippen LogP contribution is -2.58. The second-order valence-electron chi connectivity index (χ2n) is 13.0. The summed E-state index contributed by atoms with van der Waals surface area (Å²) in [5, 5.41) is 11.3. The van der Waals surface area contributed by atoms with E-state index in [1.54, 1.807) is 0 Å². The highest BCUT2D eigenvalue weighted by Gasteiger charge is 2.63. The van der Waals surface area contributed by atoms with Crippen LogP contribution in [0.1, 0.15) is 98.8 Å². The molecule has 4 aliphatic carbocycles. The predicted molar refractivity (Wildman–Crippen MR) is 119 cm³/mol. The monoisotopic (exact) mass is 416 g/mol. The van der Waals surface area contributed by atoms with Crippen molar-refractivity contribution in [1.82, 2.24) is 0 Å². The van der Waals surface area contributed by atoms with Gasteiger partial charge in [0.15, 0.2) is 0 Å². The quantitative estimate of drug-likeness (QED) is 0.591. The number of epoxide rings is 1. The summed E-state index contributed by atoms with van der Waals surface area (Å²) in [7, 11) is 0. The third kappa shape index (κ3) is 3.16. The Balaban J connectivity index is 1.32. The van der Waals surface area contributed by atoms with Crippen molar-refractivity contribution in [2.75, 3.05) is 0 Å². The van der Waals surface area contributed by atoms with E-state index in [0.717, 1.165) is 37.5 Å². The fourth-order valence-electron chi connectivity index (χ4n) is 9.34. The third-order valence-corrected chi connectivity index (χ3v) is 11.3. The number of hydrogen-bond acceptors (Lipinski definition) is 3. The van der Waals surface area contributed by atoms with Crippen LogP contribution in [0.5, 0.6) is 0 Å². The molecule has 1 N–H and O–H groups in total. The summed E-state index contributed by atoms with van der Waals surface area (Å²) in [5.41, 5.74) is 0.770. The van der Waals surface area contributed by atoms with Gasteiger partial charge in [-0.1, -0.05) is 20.8 Å². The Bertz CT molecular complexity index is 700. The van der Waals surface area contributed by atoms with Gasteiger partial charge in [-0.15, -0.1) is 0 Å². The first-order chi connectivity index (χ1) is 14.1. The SMILES string of the molecule is C[C@H](CCC1OC1(C)C)[C@H]1CC[C@H]2[C@@H]3C(O)C[C@@H]4CC(=O)CC[C@]4(C)[C@H]3CC[C@]12C. The van der Waals surface area contributed by atoms with Crippen LogP contribution >= 0.6 is 0 Å². The van der Waals surface area contributed by atoms with Crippen LogP contribution in [0.15, 0.2) is 0 Å². The van der Waals surface area contributed by atoms with Gasteiger partial charge in [0.05, 0.1) is 17.8 Å². The van der Waals surface area contributed by atoms with Gasteiger partial charge in [0.1, 0.15) is 5.78 Å². The van der Waals surface area contributed by atoms with Crippen LogP contribution in [-0.2, 0) is 9.53 Å². The zero-order valence-corrected chi connectivity index (χ0v) is 20.0. The summed E-state index contributed by atoms with van der Waals surface area (Å²) in [5.74, 6) is 4.12. The van der Waals surface area contributed by atoms with Crippen molar-refractivity contribution in [3.05, 3.63) is 0 Å². The Morgan fingerprint density at radius 2 is 1.77 bits per heavy atom. The summed E-state index contributed by atoms with van der Waals surface area (Å²) in [6.07, 6.45) is 11.4. The predicted octanol–water partition coefficient (Wildman–Crippen LogP) is 5.78. The van der Waals surface area contributed by atoms with Crippen LogP contribution in [0.3, 0.4) is 0 Å². The van der Waals surface area contributed by atoms with E-state index in [1.165, 1.54) is 38.5 Å². The van der Waals surface area contributed by atoms with E-state index in [4.69, 9.17) is 4.74 Å². The molecule has 5 rings (SSSR count). The molecular weight excluding hydrogens is 372 g/mol. The van der Waals surface area contributed by atoms with Crippen molar-refractivity contribution < 1.29 is 14.6 Å². The molecule has 1 saturated heterocycles. The number of rotatable bonds is 4. The molecule has 0 amide bonds. The minimum Gasteiger partial charge on any atom is -0.393 e. The minimum absolute atomic E-state index is 0.111. The number of aliphatic hydroxyl groups excluding tert-OH is 1. The number of fused-ring (bicyclic) bond motifs is 5. The second-order valence-corrected chi connectivity index (χ2v) is 13.0. The Labute approximate surface area is 183 Å². The highest BCUT2D eigenvalue weighted by molar-refractivity contribution is 5.79. The molecule has 170 valence electrons. The lowest BCUT2D eigenvalue weighted by molar-refractivity contribution is -0.168.